The zero-order valence-electron chi connectivity index (χ0n) is 17.7. The fourth-order valence-electron chi connectivity index (χ4n) is 3.88. The fraction of sp³-hybridized carbons (Fsp3) is 0.524. The van der Waals surface area contributed by atoms with Gasteiger partial charge in [-0.2, -0.15) is 0 Å². The molecule has 0 radical (unpaired) electrons. The van der Waals surface area contributed by atoms with Crippen molar-refractivity contribution in [3.63, 3.8) is 0 Å². The summed E-state index contributed by atoms with van der Waals surface area (Å²) in [4.78, 5) is 41.0. The van der Waals surface area contributed by atoms with Gasteiger partial charge in [0.2, 0.25) is 5.91 Å². The van der Waals surface area contributed by atoms with Gasteiger partial charge in [-0.1, -0.05) is 19.9 Å². The average Bonchev–Trinajstić information content (AvgIpc) is 3.10. The average molecular weight is 399 g/mol. The molecule has 1 unspecified atom stereocenters. The van der Waals surface area contributed by atoms with Gasteiger partial charge in [0.05, 0.1) is 17.3 Å². The lowest BCUT2D eigenvalue weighted by atomic mass is 9.98. The lowest BCUT2D eigenvalue weighted by Gasteiger charge is -2.47. The fourth-order valence-corrected chi connectivity index (χ4v) is 3.88. The molecule has 156 valence electrons. The molecule has 1 aliphatic rings. The zero-order valence-corrected chi connectivity index (χ0v) is 17.7. The standard InChI is InChI=1S/C21H30N6O2/c1-6-8-14(3)24-20(29)15-11-22-19-18(15)25-16(12-23-19)26-9-10-27(17(28)7-2)21(4,5)13-26/h7,11-12,14H,2,6,8-10,13H2,1,3-5H3,(H,22,23)(H,24,29). The summed E-state index contributed by atoms with van der Waals surface area (Å²) in [5.74, 6) is 0.485. The molecule has 1 saturated heterocycles. The lowest BCUT2D eigenvalue weighted by molar-refractivity contribution is -0.131. The Bertz CT molecular complexity index is 919. The second kappa shape index (κ2) is 8.23. The summed E-state index contributed by atoms with van der Waals surface area (Å²) >= 11 is 0. The predicted molar refractivity (Wildman–Crippen MR) is 114 cm³/mol. The number of fused-ring (bicyclic) bond motifs is 1. The number of carbonyl (C=O) groups excluding carboxylic acids is 2. The van der Waals surface area contributed by atoms with Gasteiger partial charge in [0, 0.05) is 31.9 Å². The number of anilines is 1. The molecule has 2 aromatic rings. The molecule has 3 heterocycles. The van der Waals surface area contributed by atoms with E-state index in [-0.39, 0.29) is 23.4 Å². The van der Waals surface area contributed by atoms with Gasteiger partial charge in [-0.15, -0.1) is 0 Å². The molecule has 2 N–H and O–H groups in total. The number of hydrogen-bond acceptors (Lipinski definition) is 5. The van der Waals surface area contributed by atoms with Crippen molar-refractivity contribution >= 4 is 28.8 Å². The largest absolute Gasteiger partial charge is 0.351 e. The van der Waals surface area contributed by atoms with Crippen LogP contribution in [0.25, 0.3) is 11.2 Å². The van der Waals surface area contributed by atoms with Crippen molar-refractivity contribution in [1.29, 1.82) is 0 Å². The quantitative estimate of drug-likeness (QED) is 0.729. The summed E-state index contributed by atoms with van der Waals surface area (Å²) in [6, 6.07) is 0.102. The summed E-state index contributed by atoms with van der Waals surface area (Å²) in [6.07, 6.45) is 6.66. The van der Waals surface area contributed by atoms with Gasteiger partial charge < -0.3 is 20.1 Å². The molecule has 1 atom stereocenters. The van der Waals surface area contributed by atoms with E-state index < -0.39 is 0 Å². The van der Waals surface area contributed by atoms with Gasteiger partial charge in [0.25, 0.3) is 5.91 Å². The maximum absolute atomic E-state index is 12.7. The Morgan fingerprint density at radius 3 is 2.83 bits per heavy atom. The second-order valence-electron chi connectivity index (χ2n) is 8.22. The van der Waals surface area contributed by atoms with Crippen LogP contribution in [0.5, 0.6) is 0 Å². The molecule has 2 aromatic heterocycles. The lowest BCUT2D eigenvalue weighted by Crippen LogP contribution is -2.61. The molecule has 8 heteroatoms. The highest BCUT2D eigenvalue weighted by molar-refractivity contribution is 6.04. The number of aromatic amines is 1. The number of H-pyrrole nitrogens is 1. The first kappa shape index (κ1) is 20.8. The van der Waals surface area contributed by atoms with Crippen LogP contribution in [0.1, 0.15) is 50.9 Å². The molecule has 0 saturated carbocycles. The van der Waals surface area contributed by atoms with Gasteiger partial charge in [-0.3, -0.25) is 9.59 Å². The van der Waals surface area contributed by atoms with Crippen LogP contribution in [0.15, 0.2) is 25.0 Å². The Morgan fingerprint density at radius 2 is 2.17 bits per heavy atom. The van der Waals surface area contributed by atoms with E-state index in [1.165, 1.54) is 6.08 Å². The van der Waals surface area contributed by atoms with E-state index in [4.69, 9.17) is 4.98 Å². The van der Waals surface area contributed by atoms with Crippen LogP contribution in [0, 0.1) is 0 Å². The minimum Gasteiger partial charge on any atom is -0.351 e. The Morgan fingerprint density at radius 1 is 1.41 bits per heavy atom. The monoisotopic (exact) mass is 398 g/mol. The summed E-state index contributed by atoms with van der Waals surface area (Å²) in [5.41, 5.74) is 1.28. The highest BCUT2D eigenvalue weighted by Gasteiger charge is 2.36. The molecule has 2 amide bonds. The summed E-state index contributed by atoms with van der Waals surface area (Å²) < 4.78 is 0. The maximum Gasteiger partial charge on any atom is 0.255 e. The number of carbonyl (C=O) groups is 2. The van der Waals surface area contributed by atoms with Gasteiger partial charge in [0.1, 0.15) is 11.3 Å². The SMILES string of the molecule is C=CC(=O)N1CCN(c2cnc3[nH]cc(C(=O)NC(C)CCC)c3n2)CC1(C)C. The first-order valence-corrected chi connectivity index (χ1v) is 10.1. The molecule has 0 spiro atoms. The maximum atomic E-state index is 12.7. The van der Waals surface area contributed by atoms with Crippen LogP contribution in [-0.2, 0) is 4.79 Å². The molecular weight excluding hydrogens is 368 g/mol. The molecular formula is C21H30N6O2. The number of piperazine rings is 1. The van der Waals surface area contributed by atoms with Crippen LogP contribution in [0.2, 0.25) is 0 Å². The predicted octanol–water partition coefficient (Wildman–Crippen LogP) is 2.49. The Hall–Kier alpha value is -2.90. The van der Waals surface area contributed by atoms with Crippen molar-refractivity contribution in [2.24, 2.45) is 0 Å². The molecule has 0 bridgehead atoms. The van der Waals surface area contributed by atoms with E-state index in [1.54, 1.807) is 12.4 Å². The van der Waals surface area contributed by atoms with Gasteiger partial charge in [0.15, 0.2) is 5.65 Å². The summed E-state index contributed by atoms with van der Waals surface area (Å²) in [6.45, 7) is 13.6. The molecule has 1 aliphatic heterocycles. The minimum atomic E-state index is -0.367. The molecule has 3 rings (SSSR count). The smallest absolute Gasteiger partial charge is 0.255 e. The van der Waals surface area contributed by atoms with Crippen LogP contribution in [0.4, 0.5) is 5.82 Å². The van der Waals surface area contributed by atoms with Gasteiger partial charge in [-0.05, 0) is 33.3 Å². The third kappa shape index (κ3) is 4.26. The van der Waals surface area contributed by atoms with Crippen molar-refractivity contribution < 1.29 is 9.59 Å². The normalized spacial score (nSPS) is 17.2. The van der Waals surface area contributed by atoms with Crippen LogP contribution in [0.3, 0.4) is 0 Å². The number of hydrogen-bond donors (Lipinski definition) is 2. The third-order valence-corrected chi connectivity index (χ3v) is 5.38. The van der Waals surface area contributed by atoms with Crippen molar-refractivity contribution in [2.45, 2.75) is 52.1 Å². The molecule has 1 fully saturated rings. The topological polar surface area (TPSA) is 94.2 Å². The Balaban J connectivity index is 1.84. The first-order chi connectivity index (χ1) is 13.8. The molecule has 0 aromatic carbocycles. The van der Waals surface area contributed by atoms with E-state index in [0.717, 1.165) is 12.8 Å². The summed E-state index contributed by atoms with van der Waals surface area (Å²) in [7, 11) is 0. The minimum absolute atomic E-state index is 0.0676. The number of aromatic nitrogens is 3. The van der Waals surface area contributed by atoms with Crippen molar-refractivity contribution in [1.82, 2.24) is 25.2 Å². The van der Waals surface area contributed by atoms with E-state index in [1.807, 2.05) is 25.7 Å². The van der Waals surface area contributed by atoms with Crippen LogP contribution in [-0.4, -0.2) is 62.9 Å². The van der Waals surface area contributed by atoms with Crippen LogP contribution < -0.4 is 10.2 Å². The Labute approximate surface area is 171 Å². The number of nitrogens with one attached hydrogen (secondary N) is 2. The van der Waals surface area contributed by atoms with Crippen molar-refractivity contribution in [3.8, 4) is 0 Å². The number of amides is 2. The van der Waals surface area contributed by atoms with Crippen LogP contribution >= 0.6 is 0 Å². The van der Waals surface area contributed by atoms with Gasteiger partial charge in [-0.25, -0.2) is 9.97 Å². The Kier molecular flexibility index (Phi) is 5.91. The number of rotatable bonds is 6. The van der Waals surface area contributed by atoms with E-state index in [0.29, 0.717) is 42.2 Å². The highest BCUT2D eigenvalue weighted by Crippen LogP contribution is 2.26. The summed E-state index contributed by atoms with van der Waals surface area (Å²) in [5, 5.41) is 3.02. The van der Waals surface area contributed by atoms with Crippen molar-refractivity contribution in [2.75, 3.05) is 24.5 Å². The molecule has 8 nitrogen and oxygen atoms in total. The highest BCUT2D eigenvalue weighted by atomic mass is 16.2. The van der Waals surface area contributed by atoms with E-state index in [2.05, 4.69) is 33.7 Å². The number of nitrogens with zero attached hydrogens (tertiary/aromatic N) is 4. The van der Waals surface area contributed by atoms with Crippen molar-refractivity contribution in [3.05, 3.63) is 30.6 Å². The van der Waals surface area contributed by atoms with E-state index in [9.17, 15) is 9.59 Å². The second-order valence-corrected chi connectivity index (χ2v) is 8.22. The first-order valence-electron chi connectivity index (χ1n) is 10.1. The third-order valence-electron chi connectivity index (χ3n) is 5.38. The van der Waals surface area contributed by atoms with E-state index >= 15 is 0 Å². The molecule has 29 heavy (non-hydrogen) atoms. The van der Waals surface area contributed by atoms with Gasteiger partial charge >= 0.3 is 0 Å². The molecule has 0 aliphatic carbocycles. The zero-order chi connectivity index (χ0) is 21.2.